The molecule has 21 heavy (non-hydrogen) atoms. The molecule has 0 radical (unpaired) electrons. The van der Waals surface area contributed by atoms with Gasteiger partial charge in [-0.05, 0) is 60.3 Å². The maximum absolute atomic E-state index is 2.53. The smallest absolute Gasteiger partial charge is 0.00306 e. The molecule has 2 fully saturated rings. The molecule has 2 saturated carbocycles. The van der Waals surface area contributed by atoms with Crippen molar-refractivity contribution in [3.63, 3.8) is 0 Å². The van der Waals surface area contributed by atoms with Crippen molar-refractivity contribution in [2.45, 2.75) is 65.2 Å². The van der Waals surface area contributed by atoms with Crippen LogP contribution in [0.2, 0.25) is 0 Å². The minimum atomic E-state index is 0.415. The Morgan fingerprint density at radius 3 is 2.48 bits per heavy atom. The fraction of sp³-hybridized carbons (Fsp3) is 0.619. The van der Waals surface area contributed by atoms with E-state index in [-0.39, 0.29) is 0 Å². The summed E-state index contributed by atoms with van der Waals surface area (Å²) >= 11 is 0. The van der Waals surface area contributed by atoms with Gasteiger partial charge in [-0.3, -0.25) is 0 Å². The fourth-order valence-electron chi connectivity index (χ4n) is 5.50. The SMILES string of the molecule is CC/C=C1\C(C)CC2(c3ccccc3)CC1CC(C)(C)C2. The summed E-state index contributed by atoms with van der Waals surface area (Å²) in [5, 5.41) is 0. The van der Waals surface area contributed by atoms with E-state index in [0.29, 0.717) is 10.8 Å². The van der Waals surface area contributed by atoms with Crippen molar-refractivity contribution in [2.24, 2.45) is 17.3 Å². The first kappa shape index (κ1) is 14.9. The van der Waals surface area contributed by atoms with E-state index < -0.39 is 0 Å². The van der Waals surface area contributed by atoms with E-state index in [9.17, 15) is 0 Å². The first-order chi connectivity index (χ1) is 9.96. The molecule has 3 unspecified atom stereocenters. The molecule has 0 heterocycles. The van der Waals surface area contributed by atoms with Gasteiger partial charge < -0.3 is 0 Å². The van der Waals surface area contributed by atoms with Crippen LogP contribution in [0.4, 0.5) is 0 Å². The highest BCUT2D eigenvalue weighted by atomic mass is 14.5. The van der Waals surface area contributed by atoms with Crippen molar-refractivity contribution in [1.82, 2.24) is 0 Å². The van der Waals surface area contributed by atoms with E-state index in [1.165, 1.54) is 32.1 Å². The molecule has 0 N–H and O–H groups in total. The second kappa shape index (κ2) is 5.30. The zero-order valence-corrected chi connectivity index (χ0v) is 14.2. The van der Waals surface area contributed by atoms with Gasteiger partial charge in [0.15, 0.2) is 0 Å². The Balaban J connectivity index is 2.03. The molecule has 0 saturated heterocycles. The van der Waals surface area contributed by atoms with Gasteiger partial charge in [-0.15, -0.1) is 0 Å². The molecule has 0 aromatic heterocycles. The van der Waals surface area contributed by atoms with Crippen molar-refractivity contribution in [3.05, 3.63) is 47.5 Å². The number of hydrogen-bond donors (Lipinski definition) is 0. The average Bonchev–Trinajstić information content (AvgIpc) is 2.42. The number of allylic oxidation sites excluding steroid dienone is 2. The van der Waals surface area contributed by atoms with E-state index in [1.54, 1.807) is 11.1 Å². The maximum atomic E-state index is 2.53. The van der Waals surface area contributed by atoms with Gasteiger partial charge >= 0.3 is 0 Å². The van der Waals surface area contributed by atoms with Gasteiger partial charge in [0, 0.05) is 0 Å². The molecule has 0 amide bonds. The first-order valence-corrected chi connectivity index (χ1v) is 8.71. The summed E-state index contributed by atoms with van der Waals surface area (Å²) in [4.78, 5) is 0. The summed E-state index contributed by atoms with van der Waals surface area (Å²) in [6.45, 7) is 9.71. The molecule has 2 aliphatic carbocycles. The zero-order chi connectivity index (χ0) is 15.1. The number of hydrogen-bond acceptors (Lipinski definition) is 0. The van der Waals surface area contributed by atoms with Crippen LogP contribution in [0, 0.1) is 17.3 Å². The summed E-state index contributed by atoms with van der Waals surface area (Å²) in [5.74, 6) is 1.55. The Bertz CT molecular complexity index is 518. The Hall–Kier alpha value is -1.04. The van der Waals surface area contributed by atoms with Crippen LogP contribution in [-0.4, -0.2) is 0 Å². The van der Waals surface area contributed by atoms with Crippen LogP contribution >= 0.6 is 0 Å². The predicted molar refractivity (Wildman–Crippen MR) is 91.4 cm³/mol. The number of fused-ring (bicyclic) bond motifs is 2. The van der Waals surface area contributed by atoms with Crippen LogP contribution in [0.3, 0.4) is 0 Å². The Morgan fingerprint density at radius 2 is 1.81 bits per heavy atom. The van der Waals surface area contributed by atoms with Gasteiger partial charge in [0.25, 0.3) is 0 Å². The highest BCUT2D eigenvalue weighted by molar-refractivity contribution is 5.32. The third-order valence-electron chi connectivity index (χ3n) is 5.82. The largest absolute Gasteiger partial charge is 0.0851 e. The standard InChI is InChI=1S/C21H30/c1-5-9-19-16(2)12-21(18-10-7-6-8-11-18)14-17(19)13-20(3,4)15-21/h6-11,16-17H,5,12-15H2,1-4H3/b19-9+. The van der Waals surface area contributed by atoms with Gasteiger partial charge in [-0.25, -0.2) is 0 Å². The lowest BCUT2D eigenvalue weighted by Crippen LogP contribution is -2.46. The summed E-state index contributed by atoms with van der Waals surface area (Å²) in [7, 11) is 0. The zero-order valence-electron chi connectivity index (χ0n) is 14.2. The highest BCUT2D eigenvalue weighted by Gasteiger charge is 2.50. The number of rotatable bonds is 2. The second-order valence-corrected chi connectivity index (χ2v) is 8.31. The van der Waals surface area contributed by atoms with E-state index in [2.05, 4.69) is 64.1 Å². The monoisotopic (exact) mass is 282 g/mol. The fourth-order valence-corrected chi connectivity index (χ4v) is 5.50. The van der Waals surface area contributed by atoms with Crippen molar-refractivity contribution in [1.29, 1.82) is 0 Å². The van der Waals surface area contributed by atoms with E-state index in [4.69, 9.17) is 0 Å². The average molecular weight is 282 g/mol. The van der Waals surface area contributed by atoms with Crippen LogP contribution < -0.4 is 0 Å². The molecule has 0 spiro atoms. The normalized spacial score (nSPS) is 36.7. The van der Waals surface area contributed by atoms with Crippen molar-refractivity contribution in [3.8, 4) is 0 Å². The summed E-state index contributed by atoms with van der Waals surface area (Å²) in [5.41, 5.74) is 4.23. The van der Waals surface area contributed by atoms with E-state index >= 15 is 0 Å². The molecule has 2 aliphatic rings. The molecule has 0 aliphatic heterocycles. The molecular weight excluding hydrogens is 252 g/mol. The summed E-state index contributed by atoms with van der Waals surface area (Å²) in [6.07, 6.45) is 9.15. The van der Waals surface area contributed by atoms with Crippen LogP contribution in [0.1, 0.15) is 65.4 Å². The summed E-state index contributed by atoms with van der Waals surface area (Å²) in [6, 6.07) is 11.4. The van der Waals surface area contributed by atoms with Gasteiger partial charge in [0.2, 0.25) is 0 Å². The molecule has 114 valence electrons. The van der Waals surface area contributed by atoms with Gasteiger partial charge in [0.05, 0.1) is 0 Å². The minimum Gasteiger partial charge on any atom is -0.0851 e. The topological polar surface area (TPSA) is 0 Å². The van der Waals surface area contributed by atoms with Crippen LogP contribution in [0.25, 0.3) is 0 Å². The van der Waals surface area contributed by atoms with Crippen molar-refractivity contribution in [2.75, 3.05) is 0 Å². The molecule has 2 bridgehead atoms. The Morgan fingerprint density at radius 1 is 1.10 bits per heavy atom. The maximum Gasteiger partial charge on any atom is -0.00306 e. The first-order valence-electron chi connectivity index (χ1n) is 8.71. The third-order valence-corrected chi connectivity index (χ3v) is 5.82. The highest BCUT2D eigenvalue weighted by Crippen LogP contribution is 2.59. The molecular formula is C21H30. The minimum absolute atomic E-state index is 0.415. The van der Waals surface area contributed by atoms with Crippen LogP contribution in [0.15, 0.2) is 42.0 Å². The number of benzene rings is 1. The summed E-state index contributed by atoms with van der Waals surface area (Å²) < 4.78 is 0. The van der Waals surface area contributed by atoms with E-state index in [0.717, 1.165) is 11.8 Å². The van der Waals surface area contributed by atoms with E-state index in [1.807, 2.05) is 0 Å². The quantitative estimate of drug-likeness (QED) is 0.573. The lowest BCUT2D eigenvalue weighted by Gasteiger charge is -2.55. The van der Waals surface area contributed by atoms with Gasteiger partial charge in [-0.1, -0.05) is 69.7 Å². The van der Waals surface area contributed by atoms with Crippen LogP contribution in [0.5, 0.6) is 0 Å². The molecule has 1 aromatic rings. The lowest BCUT2D eigenvalue weighted by atomic mass is 9.49. The lowest BCUT2D eigenvalue weighted by molar-refractivity contribution is 0.0655. The molecule has 3 rings (SSSR count). The molecule has 0 heteroatoms. The van der Waals surface area contributed by atoms with Crippen molar-refractivity contribution >= 4 is 0 Å². The van der Waals surface area contributed by atoms with Gasteiger partial charge in [0.1, 0.15) is 0 Å². The van der Waals surface area contributed by atoms with Crippen LogP contribution in [-0.2, 0) is 5.41 Å². The Kier molecular flexibility index (Phi) is 3.76. The molecule has 1 aromatic carbocycles. The Labute approximate surface area is 130 Å². The molecule has 0 nitrogen and oxygen atoms in total. The van der Waals surface area contributed by atoms with Gasteiger partial charge in [-0.2, -0.15) is 0 Å². The van der Waals surface area contributed by atoms with Crippen molar-refractivity contribution < 1.29 is 0 Å². The molecule has 3 atom stereocenters. The second-order valence-electron chi connectivity index (χ2n) is 8.31. The predicted octanol–water partition coefficient (Wildman–Crippen LogP) is 6.13. The third kappa shape index (κ3) is 2.70.